The van der Waals surface area contributed by atoms with Crippen molar-refractivity contribution in [2.24, 2.45) is 0 Å². The Balaban J connectivity index is 2.40. The van der Waals surface area contributed by atoms with Crippen LogP contribution in [0.15, 0.2) is 41.8 Å². The highest BCUT2D eigenvalue weighted by Gasteiger charge is 2.19. The van der Waals surface area contributed by atoms with E-state index in [4.69, 9.17) is 5.73 Å². The van der Waals surface area contributed by atoms with Crippen molar-refractivity contribution in [1.82, 2.24) is 9.97 Å². The maximum absolute atomic E-state index is 12.1. The summed E-state index contributed by atoms with van der Waals surface area (Å²) in [6.45, 7) is 1.76. The van der Waals surface area contributed by atoms with Gasteiger partial charge in [-0.05, 0) is 30.7 Å². The Hall–Kier alpha value is -2.15. The molecule has 0 bridgehead atoms. The van der Waals surface area contributed by atoms with Gasteiger partial charge in [0.1, 0.15) is 0 Å². The van der Waals surface area contributed by atoms with E-state index >= 15 is 0 Å². The third kappa shape index (κ3) is 2.40. The van der Waals surface area contributed by atoms with Crippen LogP contribution in [0.5, 0.6) is 0 Å². The van der Waals surface area contributed by atoms with E-state index in [1.165, 1.54) is 18.5 Å². The lowest BCUT2D eigenvalue weighted by atomic mass is 10.3. The summed E-state index contributed by atoms with van der Waals surface area (Å²) >= 11 is 0. The summed E-state index contributed by atoms with van der Waals surface area (Å²) < 4.78 is 26.6. The molecule has 2 aromatic heterocycles. The van der Waals surface area contributed by atoms with E-state index in [2.05, 4.69) is 14.7 Å². The minimum absolute atomic E-state index is 0.108. The summed E-state index contributed by atoms with van der Waals surface area (Å²) in [5, 5.41) is -0.179. The van der Waals surface area contributed by atoms with Crippen LogP contribution in [-0.2, 0) is 10.0 Å². The molecule has 0 atom stereocenters. The summed E-state index contributed by atoms with van der Waals surface area (Å²) in [5.41, 5.74) is 6.88. The Morgan fingerprint density at radius 2 is 2.06 bits per heavy atom. The number of hydrogen-bond donors (Lipinski definition) is 2. The number of nitrogens with one attached hydrogen (secondary N) is 1. The SMILES string of the molecule is Cc1cnccc1NS(=O)(=O)c1ncccc1N. The number of aromatic nitrogens is 2. The number of sulfonamides is 1. The van der Waals surface area contributed by atoms with E-state index in [1.807, 2.05) is 0 Å². The molecule has 0 aliphatic heterocycles. The third-order valence-corrected chi connectivity index (χ3v) is 3.66. The fraction of sp³-hybridized carbons (Fsp3) is 0.0909. The second kappa shape index (κ2) is 4.61. The summed E-state index contributed by atoms with van der Waals surface area (Å²) in [7, 11) is -3.78. The molecule has 3 N–H and O–H groups in total. The molecule has 0 aromatic carbocycles. The van der Waals surface area contributed by atoms with Gasteiger partial charge in [0.05, 0.1) is 11.4 Å². The summed E-state index contributed by atoms with van der Waals surface area (Å²) in [6, 6.07) is 4.64. The van der Waals surface area contributed by atoms with Gasteiger partial charge in [-0.25, -0.2) is 4.98 Å². The highest BCUT2D eigenvalue weighted by molar-refractivity contribution is 7.92. The van der Waals surface area contributed by atoms with Crippen molar-refractivity contribution in [3.8, 4) is 0 Å². The molecule has 2 aromatic rings. The largest absolute Gasteiger partial charge is 0.396 e. The highest BCUT2D eigenvalue weighted by Crippen LogP contribution is 2.20. The third-order valence-electron chi connectivity index (χ3n) is 2.32. The van der Waals surface area contributed by atoms with Crippen LogP contribution in [0.3, 0.4) is 0 Å². The van der Waals surface area contributed by atoms with E-state index < -0.39 is 10.0 Å². The van der Waals surface area contributed by atoms with Crippen molar-refractivity contribution in [2.75, 3.05) is 10.5 Å². The molecule has 94 valence electrons. The number of nitrogens with zero attached hydrogens (tertiary/aromatic N) is 2. The van der Waals surface area contributed by atoms with Crippen LogP contribution in [0.25, 0.3) is 0 Å². The van der Waals surface area contributed by atoms with Gasteiger partial charge in [-0.3, -0.25) is 9.71 Å². The lowest BCUT2D eigenvalue weighted by molar-refractivity contribution is 0.598. The van der Waals surface area contributed by atoms with Gasteiger partial charge in [0.25, 0.3) is 10.0 Å². The molecule has 7 heteroatoms. The van der Waals surface area contributed by atoms with Crippen molar-refractivity contribution < 1.29 is 8.42 Å². The molecule has 0 aliphatic rings. The first-order chi connectivity index (χ1) is 8.50. The quantitative estimate of drug-likeness (QED) is 0.867. The van der Waals surface area contributed by atoms with E-state index in [0.29, 0.717) is 5.69 Å². The second-order valence-electron chi connectivity index (χ2n) is 3.69. The molecule has 2 heterocycles. The summed E-state index contributed by atoms with van der Waals surface area (Å²) in [5.74, 6) is 0. The van der Waals surface area contributed by atoms with Crippen molar-refractivity contribution in [3.63, 3.8) is 0 Å². The van der Waals surface area contributed by atoms with E-state index in [-0.39, 0.29) is 10.7 Å². The first-order valence-electron chi connectivity index (χ1n) is 5.14. The molecule has 2 rings (SSSR count). The normalized spacial score (nSPS) is 11.2. The molecule has 0 saturated carbocycles. The molecule has 0 fully saturated rings. The fourth-order valence-corrected chi connectivity index (χ4v) is 2.60. The van der Waals surface area contributed by atoms with Crippen LogP contribution >= 0.6 is 0 Å². The molecule has 18 heavy (non-hydrogen) atoms. The molecule has 0 aliphatic carbocycles. The maximum Gasteiger partial charge on any atom is 0.281 e. The minimum Gasteiger partial charge on any atom is -0.396 e. The van der Waals surface area contributed by atoms with Crippen molar-refractivity contribution in [3.05, 3.63) is 42.4 Å². The number of nitrogens with two attached hydrogens (primary N) is 1. The lowest BCUT2D eigenvalue weighted by Gasteiger charge is -2.10. The van der Waals surface area contributed by atoms with Gasteiger partial charge in [-0.2, -0.15) is 8.42 Å². The number of nitrogen functional groups attached to an aromatic ring is 1. The van der Waals surface area contributed by atoms with Gasteiger partial charge in [0.15, 0.2) is 5.03 Å². The van der Waals surface area contributed by atoms with Crippen LogP contribution in [0.1, 0.15) is 5.56 Å². The highest BCUT2D eigenvalue weighted by atomic mass is 32.2. The topological polar surface area (TPSA) is 98.0 Å². The molecule has 6 nitrogen and oxygen atoms in total. The Bertz CT molecular complexity index is 670. The Labute approximate surface area is 105 Å². The molecular formula is C11H12N4O2S. The Morgan fingerprint density at radius 1 is 1.28 bits per heavy atom. The van der Waals surface area contributed by atoms with Crippen LogP contribution < -0.4 is 10.5 Å². The summed E-state index contributed by atoms with van der Waals surface area (Å²) in [4.78, 5) is 7.67. The average Bonchev–Trinajstić information content (AvgIpc) is 2.32. The minimum atomic E-state index is -3.78. The Kier molecular flexibility index (Phi) is 3.15. The van der Waals surface area contributed by atoms with Crippen LogP contribution in [0.4, 0.5) is 11.4 Å². The van der Waals surface area contributed by atoms with Gasteiger partial charge in [0, 0.05) is 18.6 Å². The van der Waals surface area contributed by atoms with Crippen molar-refractivity contribution in [1.29, 1.82) is 0 Å². The number of rotatable bonds is 3. The van der Waals surface area contributed by atoms with Gasteiger partial charge in [-0.1, -0.05) is 0 Å². The fourth-order valence-electron chi connectivity index (χ4n) is 1.41. The lowest BCUT2D eigenvalue weighted by Crippen LogP contribution is -2.17. The van der Waals surface area contributed by atoms with E-state index in [0.717, 1.165) is 5.56 Å². The van der Waals surface area contributed by atoms with Crippen molar-refractivity contribution in [2.45, 2.75) is 11.9 Å². The number of hydrogen-bond acceptors (Lipinski definition) is 5. The molecule has 0 amide bonds. The van der Waals surface area contributed by atoms with E-state index in [1.54, 1.807) is 25.3 Å². The van der Waals surface area contributed by atoms with Gasteiger partial charge >= 0.3 is 0 Å². The number of anilines is 2. The zero-order chi connectivity index (χ0) is 13.2. The number of pyridine rings is 2. The maximum atomic E-state index is 12.1. The van der Waals surface area contributed by atoms with Crippen LogP contribution in [0, 0.1) is 6.92 Å². The predicted octanol–water partition coefficient (Wildman–Crippen LogP) is 1.17. The van der Waals surface area contributed by atoms with Crippen LogP contribution in [0.2, 0.25) is 0 Å². The van der Waals surface area contributed by atoms with Gasteiger partial charge < -0.3 is 5.73 Å². The zero-order valence-corrected chi connectivity index (χ0v) is 10.5. The van der Waals surface area contributed by atoms with E-state index in [9.17, 15) is 8.42 Å². The standard InChI is InChI=1S/C11H12N4O2S/c1-8-7-13-6-4-10(8)15-18(16,17)11-9(12)3-2-5-14-11/h2-7H,12H2,1H3,(H,13,15). The first kappa shape index (κ1) is 12.3. The molecule has 0 spiro atoms. The van der Waals surface area contributed by atoms with Gasteiger partial charge in [-0.15, -0.1) is 0 Å². The smallest absolute Gasteiger partial charge is 0.281 e. The molecule has 0 saturated heterocycles. The molecule has 0 radical (unpaired) electrons. The van der Waals surface area contributed by atoms with Crippen LogP contribution in [-0.4, -0.2) is 18.4 Å². The van der Waals surface area contributed by atoms with Gasteiger partial charge in [0.2, 0.25) is 0 Å². The van der Waals surface area contributed by atoms with Crippen molar-refractivity contribution >= 4 is 21.4 Å². The predicted molar refractivity (Wildman–Crippen MR) is 68.4 cm³/mol. The summed E-state index contributed by atoms with van der Waals surface area (Å²) in [6.07, 6.45) is 4.45. The molecular weight excluding hydrogens is 252 g/mol. The number of aryl methyl sites for hydroxylation is 1. The second-order valence-corrected chi connectivity index (χ2v) is 5.29. The zero-order valence-electron chi connectivity index (χ0n) is 9.66. The first-order valence-corrected chi connectivity index (χ1v) is 6.63. The average molecular weight is 264 g/mol. The monoisotopic (exact) mass is 264 g/mol. The Morgan fingerprint density at radius 3 is 2.72 bits per heavy atom. The molecule has 0 unspecified atom stereocenters.